The molecule has 1 aliphatic heterocycles. The number of benzene rings is 1. The number of rotatable bonds is 9. The molecule has 10 nitrogen and oxygen atoms in total. The van der Waals surface area contributed by atoms with Gasteiger partial charge in [-0.05, 0) is 46.6 Å². The van der Waals surface area contributed by atoms with Crippen LogP contribution in [0.1, 0.15) is 31.3 Å². The summed E-state index contributed by atoms with van der Waals surface area (Å²) in [5.41, 5.74) is 6.98. The molecule has 0 bridgehead atoms. The van der Waals surface area contributed by atoms with Crippen LogP contribution in [0.5, 0.6) is 0 Å². The van der Waals surface area contributed by atoms with Gasteiger partial charge < -0.3 is 25.7 Å². The number of nitrogen functional groups attached to an aromatic ring is 1. The highest BCUT2D eigenvalue weighted by Crippen LogP contribution is 2.29. The lowest BCUT2D eigenvalue weighted by atomic mass is 10.2. The van der Waals surface area contributed by atoms with E-state index < -0.39 is 15.9 Å². The molecule has 0 spiro atoms. The van der Waals surface area contributed by atoms with Crippen LogP contribution in [0.4, 0.5) is 17.4 Å². The third kappa shape index (κ3) is 6.92. The van der Waals surface area contributed by atoms with Crippen molar-refractivity contribution in [3.05, 3.63) is 34.6 Å². The van der Waals surface area contributed by atoms with Gasteiger partial charge in [0.1, 0.15) is 6.26 Å². The normalized spacial score (nSPS) is 16.2. The van der Waals surface area contributed by atoms with Gasteiger partial charge in [-0.15, -0.1) is 0 Å². The number of amides is 1. The van der Waals surface area contributed by atoms with E-state index in [1.165, 1.54) is 6.26 Å². The Kier molecular flexibility index (Phi) is 8.38. The fourth-order valence-electron chi connectivity index (χ4n) is 3.57. The molecule has 0 saturated carbocycles. The van der Waals surface area contributed by atoms with Crippen LogP contribution in [-0.2, 0) is 10.0 Å². The molecule has 3 rings (SSSR count). The number of halogens is 1. The zero-order valence-electron chi connectivity index (χ0n) is 19.0. The van der Waals surface area contributed by atoms with Crippen molar-refractivity contribution in [1.82, 2.24) is 14.6 Å². The first-order valence-electron chi connectivity index (χ1n) is 10.8. The highest BCUT2D eigenvalue weighted by Gasteiger charge is 2.28. The van der Waals surface area contributed by atoms with Crippen LogP contribution in [0, 0.1) is 5.92 Å². The molecule has 1 aromatic carbocycles. The Morgan fingerprint density at radius 1 is 1.24 bits per heavy atom. The molecular weight excluding hydrogens is 512 g/mol. The molecule has 33 heavy (non-hydrogen) atoms. The van der Waals surface area contributed by atoms with Gasteiger partial charge in [0.05, 0.1) is 11.4 Å². The monoisotopic (exact) mass is 542 g/mol. The van der Waals surface area contributed by atoms with Crippen LogP contribution < -0.4 is 21.3 Å². The minimum atomic E-state index is -3.32. The summed E-state index contributed by atoms with van der Waals surface area (Å²) in [6, 6.07) is 5.86. The molecule has 1 saturated heterocycles. The van der Waals surface area contributed by atoms with Crippen molar-refractivity contribution in [2.75, 3.05) is 54.4 Å². The maximum absolute atomic E-state index is 12.8. The van der Waals surface area contributed by atoms with E-state index in [0.717, 1.165) is 5.69 Å². The van der Waals surface area contributed by atoms with E-state index >= 15 is 0 Å². The average molecular weight is 543 g/mol. The van der Waals surface area contributed by atoms with E-state index in [2.05, 4.69) is 36.4 Å². The smallest absolute Gasteiger partial charge is 0.292 e. The highest BCUT2D eigenvalue weighted by molar-refractivity contribution is 9.10. The van der Waals surface area contributed by atoms with Crippen molar-refractivity contribution in [3.8, 4) is 0 Å². The third-order valence-corrected chi connectivity index (χ3v) is 8.15. The predicted octanol–water partition coefficient (Wildman–Crippen LogP) is 2.36. The number of hydrogen-bond acceptors (Lipinski definition) is 8. The molecule has 1 atom stereocenters. The van der Waals surface area contributed by atoms with Crippen molar-refractivity contribution < 1.29 is 17.6 Å². The Hall–Kier alpha value is -2.15. The number of anilines is 3. The molecular formula is C21H31BrN6O4S. The molecule has 0 aliphatic carbocycles. The average Bonchev–Trinajstić information content (AvgIpc) is 3.20. The molecule has 1 aliphatic rings. The van der Waals surface area contributed by atoms with Crippen molar-refractivity contribution in [2.45, 2.75) is 26.8 Å². The van der Waals surface area contributed by atoms with Crippen LogP contribution in [0.15, 0.2) is 33.4 Å². The third-order valence-electron chi connectivity index (χ3n) is 5.32. The molecule has 182 valence electrons. The lowest BCUT2D eigenvalue weighted by Crippen LogP contribution is -2.50. The van der Waals surface area contributed by atoms with Crippen molar-refractivity contribution in [3.63, 3.8) is 0 Å². The van der Waals surface area contributed by atoms with Gasteiger partial charge in [-0.25, -0.2) is 8.42 Å². The summed E-state index contributed by atoms with van der Waals surface area (Å²) in [4.78, 5) is 18.3. The number of sulfonamides is 1. The molecule has 12 heteroatoms. The quantitative estimate of drug-likeness (QED) is 0.439. The van der Waals surface area contributed by atoms with Crippen LogP contribution in [0.3, 0.4) is 0 Å². The van der Waals surface area contributed by atoms with Gasteiger partial charge in [-0.1, -0.05) is 20.8 Å². The topological polar surface area (TPSA) is 134 Å². The van der Waals surface area contributed by atoms with E-state index in [4.69, 9.17) is 10.2 Å². The summed E-state index contributed by atoms with van der Waals surface area (Å²) < 4.78 is 32.9. The SMILES string of the molecule is CC(CNC(C)C)CS(=O)(=O)N1CCN(c2ccc(Br)c(NC(=O)c3coc(N)n3)c2)CC1. The molecule has 2 heterocycles. The first-order chi connectivity index (χ1) is 15.5. The van der Waals surface area contributed by atoms with E-state index in [1.807, 2.05) is 39.0 Å². The van der Waals surface area contributed by atoms with Gasteiger partial charge in [0.15, 0.2) is 5.69 Å². The lowest BCUT2D eigenvalue weighted by Gasteiger charge is -2.36. The largest absolute Gasteiger partial charge is 0.431 e. The second-order valence-electron chi connectivity index (χ2n) is 8.52. The second kappa shape index (κ2) is 10.9. The zero-order chi connectivity index (χ0) is 24.2. The lowest BCUT2D eigenvalue weighted by molar-refractivity contribution is 0.102. The number of nitrogens with one attached hydrogen (secondary N) is 2. The Bertz CT molecular complexity index is 1070. The standard InChI is InChI=1S/C21H31BrN6O4S/c1-14(2)24-11-15(3)13-33(30,31)28-8-6-27(7-9-28)16-4-5-17(22)18(10-16)25-20(29)19-12-32-21(23)26-19/h4-5,10,12,14-15,24H,6-9,11,13H2,1-3H3,(H2,23,26)(H,25,29). The predicted molar refractivity (Wildman–Crippen MR) is 133 cm³/mol. The molecule has 2 aromatic rings. The van der Waals surface area contributed by atoms with Crippen LogP contribution in [-0.4, -0.2) is 68.1 Å². The van der Waals surface area contributed by atoms with Gasteiger partial charge in [-0.2, -0.15) is 9.29 Å². The number of carbonyl (C=O) groups excluding carboxylic acids is 1. The number of oxazole rings is 1. The zero-order valence-corrected chi connectivity index (χ0v) is 21.4. The number of nitrogens with zero attached hydrogens (tertiary/aromatic N) is 3. The van der Waals surface area contributed by atoms with Crippen LogP contribution in [0.25, 0.3) is 0 Å². The molecule has 1 unspecified atom stereocenters. The minimum absolute atomic E-state index is 0.0353. The molecule has 0 radical (unpaired) electrons. The summed E-state index contributed by atoms with van der Waals surface area (Å²) in [6.07, 6.45) is 1.20. The highest BCUT2D eigenvalue weighted by atomic mass is 79.9. The number of hydrogen-bond donors (Lipinski definition) is 3. The number of aromatic nitrogens is 1. The molecule has 4 N–H and O–H groups in total. The Morgan fingerprint density at radius 3 is 2.55 bits per heavy atom. The number of carbonyl (C=O) groups is 1. The van der Waals surface area contributed by atoms with E-state index in [9.17, 15) is 13.2 Å². The Morgan fingerprint density at radius 2 is 1.94 bits per heavy atom. The van der Waals surface area contributed by atoms with E-state index in [0.29, 0.717) is 48.9 Å². The van der Waals surface area contributed by atoms with E-state index in [1.54, 1.807) is 4.31 Å². The molecule has 1 fully saturated rings. The maximum atomic E-state index is 12.8. The Labute approximate surface area is 203 Å². The minimum Gasteiger partial charge on any atom is -0.431 e. The van der Waals surface area contributed by atoms with Crippen molar-refractivity contribution >= 4 is 49.2 Å². The first kappa shape index (κ1) is 25.5. The van der Waals surface area contributed by atoms with Crippen LogP contribution in [0.2, 0.25) is 0 Å². The summed E-state index contributed by atoms with van der Waals surface area (Å²) in [5, 5.41) is 6.08. The maximum Gasteiger partial charge on any atom is 0.292 e. The van der Waals surface area contributed by atoms with Crippen molar-refractivity contribution in [2.24, 2.45) is 5.92 Å². The Balaban J connectivity index is 1.60. The molecule has 1 amide bonds. The summed E-state index contributed by atoms with van der Waals surface area (Å²) in [6.45, 7) is 8.68. The van der Waals surface area contributed by atoms with Gasteiger partial charge in [0, 0.05) is 42.4 Å². The van der Waals surface area contributed by atoms with Gasteiger partial charge in [0.2, 0.25) is 10.0 Å². The molecule has 1 aromatic heterocycles. The first-order valence-corrected chi connectivity index (χ1v) is 13.2. The number of piperazine rings is 1. The number of nitrogens with two attached hydrogens (primary N) is 1. The van der Waals surface area contributed by atoms with Crippen molar-refractivity contribution in [1.29, 1.82) is 0 Å². The summed E-state index contributed by atoms with van der Waals surface area (Å²) in [5.74, 6) is -0.272. The fourth-order valence-corrected chi connectivity index (χ4v) is 5.68. The van der Waals surface area contributed by atoms with Gasteiger partial charge >= 0.3 is 0 Å². The van der Waals surface area contributed by atoms with Gasteiger partial charge in [-0.3, -0.25) is 4.79 Å². The second-order valence-corrected chi connectivity index (χ2v) is 11.4. The summed E-state index contributed by atoms with van der Waals surface area (Å²) in [7, 11) is -3.32. The van der Waals surface area contributed by atoms with Crippen LogP contribution >= 0.6 is 15.9 Å². The van der Waals surface area contributed by atoms with Gasteiger partial charge in [0.25, 0.3) is 11.9 Å². The fraction of sp³-hybridized carbons (Fsp3) is 0.524. The van der Waals surface area contributed by atoms with E-state index in [-0.39, 0.29) is 23.4 Å². The summed E-state index contributed by atoms with van der Waals surface area (Å²) >= 11 is 3.45.